The van der Waals surface area contributed by atoms with Gasteiger partial charge in [-0.15, -0.1) is 5.10 Å². The number of hydrogen-bond donors (Lipinski definition) is 1. The van der Waals surface area contributed by atoms with Gasteiger partial charge in [0.05, 0.1) is 18.8 Å². The number of nitrogens with one attached hydrogen (secondary N) is 1. The second kappa shape index (κ2) is 8.81. The van der Waals surface area contributed by atoms with Gasteiger partial charge < -0.3 is 14.8 Å². The molecule has 3 aromatic rings. The lowest BCUT2D eigenvalue weighted by Gasteiger charge is -2.28. The van der Waals surface area contributed by atoms with Crippen molar-refractivity contribution in [2.24, 2.45) is 0 Å². The molecule has 1 aliphatic rings. The van der Waals surface area contributed by atoms with Gasteiger partial charge >= 0.3 is 5.97 Å². The van der Waals surface area contributed by atoms with Crippen LogP contribution in [-0.2, 0) is 9.53 Å². The highest BCUT2D eigenvalue weighted by molar-refractivity contribution is 6.30. The molecule has 7 nitrogen and oxygen atoms in total. The Morgan fingerprint density at radius 1 is 1.10 bits per heavy atom. The molecule has 2 aromatic carbocycles. The number of halogens is 1. The molecular weight excluding hydrogens is 416 g/mol. The molecule has 0 radical (unpaired) electrons. The molecule has 0 saturated heterocycles. The molecule has 2 heterocycles. The van der Waals surface area contributed by atoms with Crippen LogP contribution in [0.2, 0.25) is 5.02 Å². The summed E-state index contributed by atoms with van der Waals surface area (Å²) in [7, 11) is 0. The zero-order valence-corrected chi connectivity index (χ0v) is 18.3. The normalized spacial score (nSPS) is 15.3. The van der Waals surface area contributed by atoms with Crippen LogP contribution >= 0.6 is 11.6 Å². The summed E-state index contributed by atoms with van der Waals surface area (Å²) in [6.45, 7) is 6.45. The number of benzene rings is 2. The van der Waals surface area contributed by atoms with Gasteiger partial charge in [-0.2, -0.15) is 4.98 Å². The molecule has 0 spiro atoms. The molecular formula is C23H23ClN4O3. The maximum Gasteiger partial charge on any atom is 0.338 e. The minimum absolute atomic E-state index is 0.282. The maximum atomic E-state index is 12.8. The SMILES string of the molecule is CCOC(=O)C1=C(C)Nc2nc(-c3ccc(OCC)cc3)nn2C1c1ccc(Cl)cc1. The van der Waals surface area contributed by atoms with Crippen LogP contribution in [0.4, 0.5) is 5.95 Å². The van der Waals surface area contributed by atoms with Gasteiger partial charge in [-0.3, -0.25) is 0 Å². The fourth-order valence-electron chi connectivity index (χ4n) is 3.57. The average molecular weight is 439 g/mol. The number of nitrogens with zero attached hydrogens (tertiary/aromatic N) is 3. The van der Waals surface area contributed by atoms with Gasteiger partial charge in [-0.05, 0) is 62.7 Å². The predicted octanol–water partition coefficient (Wildman–Crippen LogP) is 4.85. The molecule has 1 unspecified atom stereocenters. The highest BCUT2D eigenvalue weighted by atomic mass is 35.5. The van der Waals surface area contributed by atoms with Crippen LogP contribution in [0.5, 0.6) is 5.75 Å². The quantitative estimate of drug-likeness (QED) is 0.554. The molecule has 1 N–H and O–H groups in total. The van der Waals surface area contributed by atoms with E-state index in [1.54, 1.807) is 23.7 Å². The van der Waals surface area contributed by atoms with Crippen LogP contribution in [0.15, 0.2) is 59.8 Å². The Balaban J connectivity index is 1.79. The van der Waals surface area contributed by atoms with Crippen molar-refractivity contribution in [3.8, 4) is 17.1 Å². The molecule has 0 fully saturated rings. The van der Waals surface area contributed by atoms with Crippen LogP contribution < -0.4 is 10.1 Å². The van der Waals surface area contributed by atoms with Gasteiger partial charge in [0.2, 0.25) is 5.95 Å². The summed E-state index contributed by atoms with van der Waals surface area (Å²) in [5.74, 6) is 1.49. The van der Waals surface area contributed by atoms with E-state index in [1.165, 1.54) is 0 Å². The second-order valence-electron chi connectivity index (χ2n) is 7.00. The molecule has 160 valence electrons. The van der Waals surface area contributed by atoms with Gasteiger partial charge in [0.15, 0.2) is 5.82 Å². The summed E-state index contributed by atoms with van der Waals surface area (Å²) < 4.78 is 12.6. The van der Waals surface area contributed by atoms with Crippen LogP contribution in [-0.4, -0.2) is 33.9 Å². The number of carbonyl (C=O) groups excluding carboxylic acids is 1. The number of ether oxygens (including phenoxy) is 2. The smallest absolute Gasteiger partial charge is 0.338 e. The van der Waals surface area contributed by atoms with Crippen molar-refractivity contribution in [1.29, 1.82) is 0 Å². The van der Waals surface area contributed by atoms with E-state index < -0.39 is 12.0 Å². The lowest BCUT2D eigenvalue weighted by molar-refractivity contribution is -0.139. The van der Waals surface area contributed by atoms with E-state index >= 15 is 0 Å². The second-order valence-corrected chi connectivity index (χ2v) is 7.44. The van der Waals surface area contributed by atoms with Crippen LogP contribution in [0.25, 0.3) is 11.4 Å². The van der Waals surface area contributed by atoms with Crippen molar-refractivity contribution in [2.45, 2.75) is 26.8 Å². The first-order valence-corrected chi connectivity index (χ1v) is 10.5. The summed E-state index contributed by atoms with van der Waals surface area (Å²) in [5, 5.41) is 8.55. The molecule has 1 aromatic heterocycles. The zero-order chi connectivity index (χ0) is 22.0. The summed E-state index contributed by atoms with van der Waals surface area (Å²) >= 11 is 6.09. The van der Waals surface area contributed by atoms with E-state index in [0.717, 1.165) is 16.9 Å². The third-order valence-electron chi connectivity index (χ3n) is 4.96. The molecule has 0 amide bonds. The number of carbonyl (C=O) groups is 1. The first kappa shape index (κ1) is 20.9. The maximum absolute atomic E-state index is 12.8. The van der Waals surface area contributed by atoms with Gasteiger partial charge in [-0.25, -0.2) is 9.48 Å². The predicted molar refractivity (Wildman–Crippen MR) is 119 cm³/mol. The third-order valence-corrected chi connectivity index (χ3v) is 5.21. The van der Waals surface area contributed by atoms with Crippen molar-refractivity contribution in [1.82, 2.24) is 14.8 Å². The minimum atomic E-state index is -0.489. The fourth-order valence-corrected chi connectivity index (χ4v) is 3.69. The van der Waals surface area contributed by atoms with Gasteiger partial charge in [-0.1, -0.05) is 23.7 Å². The van der Waals surface area contributed by atoms with Crippen molar-refractivity contribution in [3.05, 3.63) is 70.4 Å². The number of hydrogen-bond acceptors (Lipinski definition) is 6. The lowest BCUT2D eigenvalue weighted by Crippen LogP contribution is -2.29. The van der Waals surface area contributed by atoms with Crippen molar-refractivity contribution < 1.29 is 14.3 Å². The van der Waals surface area contributed by atoms with Crippen LogP contribution in [0, 0.1) is 0 Å². The largest absolute Gasteiger partial charge is 0.494 e. The molecule has 0 aliphatic carbocycles. The Morgan fingerprint density at radius 3 is 2.45 bits per heavy atom. The summed E-state index contributed by atoms with van der Waals surface area (Å²) in [5.41, 5.74) is 2.87. The van der Waals surface area contributed by atoms with E-state index in [2.05, 4.69) is 10.3 Å². The van der Waals surface area contributed by atoms with Gasteiger partial charge in [0.25, 0.3) is 0 Å². The molecule has 1 aliphatic heterocycles. The Bertz CT molecular complexity index is 1120. The van der Waals surface area contributed by atoms with E-state index in [-0.39, 0.29) is 6.61 Å². The number of rotatable bonds is 6. The van der Waals surface area contributed by atoms with Crippen molar-refractivity contribution in [3.63, 3.8) is 0 Å². The molecule has 8 heteroatoms. The van der Waals surface area contributed by atoms with E-state index in [9.17, 15) is 4.79 Å². The monoisotopic (exact) mass is 438 g/mol. The minimum Gasteiger partial charge on any atom is -0.494 e. The Hall–Kier alpha value is -3.32. The molecule has 31 heavy (non-hydrogen) atoms. The van der Waals surface area contributed by atoms with Gasteiger partial charge in [0.1, 0.15) is 11.8 Å². The zero-order valence-electron chi connectivity index (χ0n) is 17.6. The van der Waals surface area contributed by atoms with Crippen molar-refractivity contribution >= 4 is 23.5 Å². The Morgan fingerprint density at radius 2 is 1.81 bits per heavy atom. The highest BCUT2D eigenvalue weighted by Crippen LogP contribution is 2.37. The number of anilines is 1. The van der Waals surface area contributed by atoms with Gasteiger partial charge in [0, 0.05) is 16.3 Å². The summed E-state index contributed by atoms with van der Waals surface area (Å²) in [6.07, 6.45) is 0. The third kappa shape index (κ3) is 4.14. The first-order valence-electron chi connectivity index (χ1n) is 10.1. The lowest BCUT2D eigenvalue weighted by atomic mass is 9.96. The highest BCUT2D eigenvalue weighted by Gasteiger charge is 2.35. The Kier molecular flexibility index (Phi) is 5.95. The number of esters is 1. The van der Waals surface area contributed by atoms with E-state index in [1.807, 2.05) is 50.2 Å². The number of aromatic nitrogens is 3. The Labute approximate surface area is 185 Å². The standard InChI is InChI=1S/C23H23ClN4O3/c1-4-30-18-12-8-16(9-13-18)21-26-23-25-14(3)19(22(29)31-5-2)20(28(23)27-21)15-6-10-17(24)11-7-15/h6-13,20H,4-5H2,1-3H3,(H,25,26,27). The summed E-state index contributed by atoms with van der Waals surface area (Å²) in [4.78, 5) is 17.5. The summed E-state index contributed by atoms with van der Waals surface area (Å²) in [6, 6.07) is 14.5. The molecule has 1 atom stereocenters. The number of allylic oxidation sites excluding steroid dienone is 1. The van der Waals surface area contributed by atoms with Crippen LogP contribution in [0.3, 0.4) is 0 Å². The average Bonchev–Trinajstić information content (AvgIpc) is 3.18. The van der Waals surface area contributed by atoms with Crippen molar-refractivity contribution in [2.75, 3.05) is 18.5 Å². The van der Waals surface area contributed by atoms with E-state index in [4.69, 9.17) is 26.2 Å². The molecule has 4 rings (SSSR count). The molecule has 0 saturated carbocycles. The molecule has 0 bridgehead atoms. The number of fused-ring (bicyclic) bond motifs is 1. The first-order chi connectivity index (χ1) is 15.0. The topological polar surface area (TPSA) is 78.3 Å². The fraction of sp³-hybridized carbons (Fsp3) is 0.261. The van der Waals surface area contributed by atoms with E-state index in [0.29, 0.717) is 34.7 Å². The van der Waals surface area contributed by atoms with Crippen LogP contribution in [0.1, 0.15) is 32.4 Å².